The van der Waals surface area contributed by atoms with Gasteiger partial charge in [0.25, 0.3) is 0 Å². The van der Waals surface area contributed by atoms with E-state index in [-0.39, 0.29) is 12.3 Å². The van der Waals surface area contributed by atoms with Gasteiger partial charge in [0.2, 0.25) is 0 Å². The van der Waals surface area contributed by atoms with Crippen molar-refractivity contribution in [3.05, 3.63) is 17.0 Å². The largest absolute Gasteiger partial charge is 0.481 e. The molecule has 0 aromatic carbocycles. The maximum absolute atomic E-state index is 10.6. The van der Waals surface area contributed by atoms with Crippen molar-refractivity contribution in [2.24, 2.45) is 0 Å². The number of rotatable bonds is 3. The number of hydrogen-bond acceptors (Lipinski definition) is 2. The molecule has 0 bridgehead atoms. The lowest BCUT2D eigenvalue weighted by molar-refractivity contribution is -0.137. The van der Waals surface area contributed by atoms with Crippen molar-refractivity contribution in [3.63, 3.8) is 0 Å². The van der Waals surface area contributed by atoms with Gasteiger partial charge in [0.1, 0.15) is 0 Å². The van der Waals surface area contributed by atoms with E-state index in [9.17, 15) is 4.79 Å². The van der Waals surface area contributed by atoms with Crippen LogP contribution in [0.3, 0.4) is 0 Å². The first-order valence-corrected chi connectivity index (χ1v) is 5.46. The van der Waals surface area contributed by atoms with Crippen molar-refractivity contribution >= 4 is 5.97 Å². The van der Waals surface area contributed by atoms with Crippen molar-refractivity contribution < 1.29 is 9.90 Å². The molecule has 15 heavy (non-hydrogen) atoms. The highest BCUT2D eigenvalue weighted by Crippen LogP contribution is 2.28. The van der Waals surface area contributed by atoms with Crippen LogP contribution in [0.15, 0.2) is 0 Å². The van der Waals surface area contributed by atoms with Gasteiger partial charge in [-0.3, -0.25) is 9.89 Å². The zero-order chi connectivity index (χ0) is 10.8. The summed E-state index contributed by atoms with van der Waals surface area (Å²) < 4.78 is 0. The van der Waals surface area contributed by atoms with Crippen LogP contribution in [-0.2, 0) is 17.6 Å². The van der Waals surface area contributed by atoms with Crippen LogP contribution in [0.1, 0.15) is 49.1 Å². The first kappa shape index (κ1) is 10.2. The van der Waals surface area contributed by atoms with Crippen LogP contribution in [0.2, 0.25) is 0 Å². The molecule has 82 valence electrons. The van der Waals surface area contributed by atoms with Crippen molar-refractivity contribution in [3.8, 4) is 0 Å². The van der Waals surface area contributed by atoms with Gasteiger partial charge in [-0.25, -0.2) is 0 Å². The molecule has 1 aromatic heterocycles. The quantitative estimate of drug-likeness (QED) is 0.796. The standard InChI is InChI=1S/C11H16N2O2/c1-7(6-10(14)15)11-8-4-2-3-5-9(8)12-13-11/h7H,2-6H2,1H3,(H,12,13)(H,14,15). The Bertz CT molecular complexity index is 371. The minimum absolute atomic E-state index is 0.0144. The summed E-state index contributed by atoms with van der Waals surface area (Å²) in [6.45, 7) is 1.93. The fraction of sp³-hybridized carbons (Fsp3) is 0.636. The van der Waals surface area contributed by atoms with Crippen molar-refractivity contribution in [1.29, 1.82) is 0 Å². The van der Waals surface area contributed by atoms with E-state index in [1.54, 1.807) is 0 Å². The summed E-state index contributed by atoms with van der Waals surface area (Å²) >= 11 is 0. The lowest BCUT2D eigenvalue weighted by Gasteiger charge is -2.13. The van der Waals surface area contributed by atoms with Crippen LogP contribution in [-0.4, -0.2) is 21.3 Å². The highest BCUT2D eigenvalue weighted by Gasteiger charge is 2.21. The molecule has 1 aliphatic rings. The third-order valence-electron chi connectivity index (χ3n) is 3.04. The zero-order valence-electron chi connectivity index (χ0n) is 8.92. The minimum Gasteiger partial charge on any atom is -0.481 e. The number of carbonyl (C=O) groups is 1. The van der Waals surface area contributed by atoms with E-state index in [1.165, 1.54) is 24.1 Å². The van der Waals surface area contributed by atoms with Gasteiger partial charge in [-0.05, 0) is 31.2 Å². The molecular weight excluding hydrogens is 192 g/mol. The van der Waals surface area contributed by atoms with Crippen molar-refractivity contribution in [2.75, 3.05) is 0 Å². The first-order chi connectivity index (χ1) is 7.18. The molecule has 0 radical (unpaired) electrons. The number of fused-ring (bicyclic) bond motifs is 1. The molecule has 0 spiro atoms. The number of aliphatic carboxylic acids is 1. The molecule has 2 rings (SSSR count). The van der Waals surface area contributed by atoms with E-state index < -0.39 is 5.97 Å². The number of aryl methyl sites for hydroxylation is 1. The van der Waals surface area contributed by atoms with E-state index >= 15 is 0 Å². The average molecular weight is 208 g/mol. The summed E-state index contributed by atoms with van der Waals surface area (Å²) in [7, 11) is 0. The van der Waals surface area contributed by atoms with Crippen molar-refractivity contribution in [1.82, 2.24) is 10.2 Å². The molecule has 4 heteroatoms. The summed E-state index contributed by atoms with van der Waals surface area (Å²) in [5, 5.41) is 16.0. The summed E-state index contributed by atoms with van der Waals surface area (Å²) in [6, 6.07) is 0. The molecular formula is C11H16N2O2. The summed E-state index contributed by atoms with van der Waals surface area (Å²) in [5.74, 6) is -0.740. The molecule has 0 aliphatic heterocycles. The number of nitrogens with zero attached hydrogens (tertiary/aromatic N) is 1. The van der Waals surface area contributed by atoms with Gasteiger partial charge in [-0.2, -0.15) is 5.10 Å². The van der Waals surface area contributed by atoms with Gasteiger partial charge in [0, 0.05) is 11.6 Å². The van der Waals surface area contributed by atoms with Gasteiger partial charge >= 0.3 is 5.97 Å². The minimum atomic E-state index is -0.755. The first-order valence-electron chi connectivity index (χ1n) is 5.46. The van der Waals surface area contributed by atoms with Crippen LogP contribution in [0.25, 0.3) is 0 Å². The number of nitrogens with one attached hydrogen (secondary N) is 1. The second kappa shape index (κ2) is 4.04. The Morgan fingerprint density at radius 2 is 2.27 bits per heavy atom. The maximum Gasteiger partial charge on any atom is 0.304 e. The topological polar surface area (TPSA) is 66.0 Å². The number of hydrogen-bond donors (Lipinski definition) is 2. The highest BCUT2D eigenvalue weighted by molar-refractivity contribution is 5.67. The molecule has 0 amide bonds. The Labute approximate surface area is 88.7 Å². The van der Waals surface area contributed by atoms with Gasteiger partial charge in [-0.15, -0.1) is 0 Å². The molecule has 1 heterocycles. The molecule has 0 saturated heterocycles. The Balaban J connectivity index is 2.20. The number of carboxylic acid groups (broad SMARTS) is 1. The number of aromatic nitrogens is 2. The van der Waals surface area contributed by atoms with Crippen LogP contribution < -0.4 is 0 Å². The molecule has 0 saturated carbocycles. The predicted octanol–water partition coefficient (Wildman–Crippen LogP) is 1.87. The number of carboxylic acids is 1. The second-order valence-electron chi connectivity index (χ2n) is 4.27. The highest BCUT2D eigenvalue weighted by atomic mass is 16.4. The third kappa shape index (κ3) is 2.03. The molecule has 1 atom stereocenters. The SMILES string of the molecule is CC(CC(=O)O)c1n[nH]c2c1CCCC2. The molecule has 1 aliphatic carbocycles. The van der Waals surface area contributed by atoms with E-state index in [2.05, 4.69) is 10.2 Å². The smallest absolute Gasteiger partial charge is 0.304 e. The number of H-pyrrole nitrogens is 1. The van der Waals surface area contributed by atoms with Gasteiger partial charge < -0.3 is 5.11 Å². The van der Waals surface area contributed by atoms with E-state index in [4.69, 9.17) is 5.11 Å². The molecule has 4 nitrogen and oxygen atoms in total. The van der Waals surface area contributed by atoms with Crippen LogP contribution in [0, 0.1) is 0 Å². The summed E-state index contributed by atoms with van der Waals surface area (Å²) in [5.41, 5.74) is 3.45. The van der Waals surface area contributed by atoms with Gasteiger partial charge in [0.15, 0.2) is 0 Å². The van der Waals surface area contributed by atoms with Gasteiger partial charge in [-0.1, -0.05) is 6.92 Å². The average Bonchev–Trinajstić information content (AvgIpc) is 2.59. The normalized spacial score (nSPS) is 17.1. The molecule has 2 N–H and O–H groups in total. The Morgan fingerprint density at radius 3 is 3.00 bits per heavy atom. The second-order valence-corrected chi connectivity index (χ2v) is 4.27. The molecule has 1 unspecified atom stereocenters. The fourth-order valence-corrected chi connectivity index (χ4v) is 2.27. The van der Waals surface area contributed by atoms with E-state index in [0.29, 0.717) is 0 Å². The van der Waals surface area contributed by atoms with Crippen LogP contribution in [0.5, 0.6) is 0 Å². The van der Waals surface area contributed by atoms with Crippen LogP contribution in [0.4, 0.5) is 0 Å². The summed E-state index contributed by atoms with van der Waals surface area (Å²) in [4.78, 5) is 10.6. The zero-order valence-corrected chi connectivity index (χ0v) is 8.92. The summed E-state index contributed by atoms with van der Waals surface area (Å²) in [6.07, 6.45) is 4.67. The predicted molar refractivity (Wildman–Crippen MR) is 55.9 cm³/mol. The molecule has 0 fully saturated rings. The third-order valence-corrected chi connectivity index (χ3v) is 3.04. The Morgan fingerprint density at radius 1 is 1.53 bits per heavy atom. The Kier molecular flexibility index (Phi) is 2.75. The maximum atomic E-state index is 10.6. The Hall–Kier alpha value is -1.32. The van der Waals surface area contributed by atoms with E-state index in [1.807, 2.05) is 6.92 Å². The van der Waals surface area contributed by atoms with E-state index in [0.717, 1.165) is 18.5 Å². The number of aromatic amines is 1. The van der Waals surface area contributed by atoms with Gasteiger partial charge in [0.05, 0.1) is 12.1 Å². The van der Waals surface area contributed by atoms with Crippen molar-refractivity contribution in [2.45, 2.75) is 44.9 Å². The lowest BCUT2D eigenvalue weighted by atomic mass is 9.91. The lowest BCUT2D eigenvalue weighted by Crippen LogP contribution is -2.07. The monoisotopic (exact) mass is 208 g/mol. The molecule has 1 aromatic rings. The van der Waals surface area contributed by atoms with Crippen LogP contribution >= 0.6 is 0 Å². The fourth-order valence-electron chi connectivity index (χ4n) is 2.27.